The molecule has 0 bridgehead atoms. The van der Waals surface area contributed by atoms with Crippen molar-refractivity contribution in [2.75, 3.05) is 0 Å². The number of nitro groups is 1. The molecule has 0 radical (unpaired) electrons. The van der Waals surface area contributed by atoms with Crippen LogP contribution >= 0.6 is 0 Å². The molecule has 1 aromatic carbocycles. The predicted molar refractivity (Wildman–Crippen MR) is 66.7 cm³/mol. The molecule has 1 saturated carbocycles. The Kier molecular flexibility index (Phi) is 3.81. The first-order valence-corrected chi connectivity index (χ1v) is 6.18. The first-order chi connectivity index (χ1) is 8.59. The minimum absolute atomic E-state index is 0.00438. The summed E-state index contributed by atoms with van der Waals surface area (Å²) in [6, 6.07) is 5.00. The van der Waals surface area contributed by atoms with Gasteiger partial charge in [0.25, 0.3) is 0 Å². The van der Waals surface area contributed by atoms with Crippen LogP contribution in [-0.4, -0.2) is 22.2 Å². The van der Waals surface area contributed by atoms with Gasteiger partial charge >= 0.3 is 5.69 Å². The van der Waals surface area contributed by atoms with Crippen LogP contribution in [0.2, 0.25) is 0 Å². The topological polar surface area (TPSA) is 72.6 Å². The van der Waals surface area contributed by atoms with Gasteiger partial charge in [0.2, 0.25) is 0 Å². The summed E-state index contributed by atoms with van der Waals surface area (Å²) in [4.78, 5) is 10.6. The summed E-state index contributed by atoms with van der Waals surface area (Å²) in [5.74, 6) is 0.256. The summed E-state index contributed by atoms with van der Waals surface area (Å²) in [5, 5.41) is 20.9. The zero-order valence-electron chi connectivity index (χ0n) is 10.3. The average molecular weight is 251 g/mol. The molecule has 5 nitrogen and oxygen atoms in total. The highest BCUT2D eigenvalue weighted by atomic mass is 16.6. The lowest BCUT2D eigenvalue weighted by atomic mass is 9.95. The zero-order chi connectivity index (χ0) is 13.1. The maximum Gasteiger partial charge on any atom is 0.313 e. The molecule has 5 heteroatoms. The lowest BCUT2D eigenvalue weighted by Gasteiger charge is -2.28. The van der Waals surface area contributed by atoms with Crippen LogP contribution in [0.1, 0.15) is 31.2 Å². The van der Waals surface area contributed by atoms with Gasteiger partial charge in [-0.2, -0.15) is 0 Å². The van der Waals surface area contributed by atoms with E-state index in [1.54, 1.807) is 25.1 Å². The van der Waals surface area contributed by atoms with E-state index >= 15 is 0 Å². The van der Waals surface area contributed by atoms with E-state index in [4.69, 9.17) is 4.74 Å². The van der Waals surface area contributed by atoms with E-state index in [0.29, 0.717) is 12.0 Å². The molecule has 0 heterocycles. The Bertz CT molecular complexity index is 447. The van der Waals surface area contributed by atoms with Gasteiger partial charge in [0.1, 0.15) is 6.10 Å². The smallest absolute Gasteiger partial charge is 0.313 e. The normalized spacial score (nSPS) is 23.7. The van der Waals surface area contributed by atoms with E-state index in [1.165, 1.54) is 0 Å². The number of aliphatic hydroxyl groups excluding tert-OH is 1. The average Bonchev–Trinajstić information content (AvgIpc) is 2.31. The first-order valence-electron chi connectivity index (χ1n) is 6.18. The molecule has 0 spiro atoms. The van der Waals surface area contributed by atoms with Crippen molar-refractivity contribution in [2.45, 2.75) is 44.8 Å². The standard InChI is InChI=1S/C13H17NO4/c1-9-5-4-8-12(13(9)14(16)17)18-11-7-3-2-6-10(11)15/h4-5,8,10-11,15H,2-3,6-7H2,1H3/t10-,11-/m0/s1. The number of rotatable bonds is 3. The van der Waals surface area contributed by atoms with Crippen molar-refractivity contribution < 1.29 is 14.8 Å². The van der Waals surface area contributed by atoms with Gasteiger partial charge in [-0.25, -0.2) is 0 Å². The second-order valence-electron chi connectivity index (χ2n) is 4.69. The number of nitrogens with zero attached hydrogens (tertiary/aromatic N) is 1. The molecule has 1 aliphatic rings. The monoisotopic (exact) mass is 251 g/mol. The molecule has 0 aliphatic heterocycles. The molecule has 0 aromatic heterocycles. The fraction of sp³-hybridized carbons (Fsp3) is 0.538. The van der Waals surface area contributed by atoms with Crippen LogP contribution in [0, 0.1) is 17.0 Å². The Balaban J connectivity index is 2.23. The summed E-state index contributed by atoms with van der Waals surface area (Å²) < 4.78 is 5.65. The molecule has 2 atom stereocenters. The van der Waals surface area contributed by atoms with Crippen LogP contribution in [0.5, 0.6) is 5.75 Å². The Morgan fingerprint density at radius 2 is 2.11 bits per heavy atom. The van der Waals surface area contributed by atoms with Crippen molar-refractivity contribution in [3.63, 3.8) is 0 Å². The first kappa shape index (κ1) is 12.8. The number of hydrogen-bond donors (Lipinski definition) is 1. The summed E-state index contributed by atoms with van der Waals surface area (Å²) in [6.45, 7) is 1.68. The van der Waals surface area contributed by atoms with E-state index in [-0.39, 0.29) is 17.5 Å². The van der Waals surface area contributed by atoms with Gasteiger partial charge in [-0.3, -0.25) is 10.1 Å². The molecule has 0 unspecified atom stereocenters. The summed E-state index contributed by atoms with van der Waals surface area (Å²) in [7, 11) is 0. The fourth-order valence-electron chi connectivity index (χ4n) is 2.34. The maximum absolute atomic E-state index is 11.0. The van der Waals surface area contributed by atoms with Crippen LogP contribution in [0.25, 0.3) is 0 Å². The second-order valence-corrected chi connectivity index (χ2v) is 4.69. The lowest BCUT2D eigenvalue weighted by Crippen LogP contribution is -2.34. The number of aryl methyl sites for hydroxylation is 1. The maximum atomic E-state index is 11.0. The number of para-hydroxylation sites is 1. The van der Waals surface area contributed by atoms with Crippen molar-refractivity contribution in [1.29, 1.82) is 0 Å². The highest BCUT2D eigenvalue weighted by Gasteiger charge is 2.28. The molecule has 18 heavy (non-hydrogen) atoms. The molecular weight excluding hydrogens is 234 g/mol. The molecular formula is C13H17NO4. The van der Waals surface area contributed by atoms with Crippen molar-refractivity contribution >= 4 is 5.69 Å². The van der Waals surface area contributed by atoms with Gasteiger partial charge in [-0.1, -0.05) is 18.6 Å². The Labute approximate surface area is 106 Å². The van der Waals surface area contributed by atoms with E-state index in [1.807, 2.05) is 0 Å². The number of benzene rings is 1. The number of aliphatic hydroxyl groups is 1. The van der Waals surface area contributed by atoms with Crippen LogP contribution in [0.4, 0.5) is 5.69 Å². The highest BCUT2D eigenvalue weighted by molar-refractivity contribution is 5.52. The predicted octanol–water partition coefficient (Wildman–Crippen LogP) is 2.59. The molecule has 0 saturated heterocycles. The van der Waals surface area contributed by atoms with Crippen LogP contribution in [0.15, 0.2) is 18.2 Å². The van der Waals surface area contributed by atoms with Crippen molar-refractivity contribution in [3.05, 3.63) is 33.9 Å². The third kappa shape index (κ3) is 2.61. The minimum atomic E-state index is -0.529. The van der Waals surface area contributed by atoms with E-state index in [9.17, 15) is 15.2 Å². The lowest BCUT2D eigenvalue weighted by molar-refractivity contribution is -0.386. The van der Waals surface area contributed by atoms with Gasteiger partial charge in [0.05, 0.1) is 11.0 Å². The quantitative estimate of drug-likeness (QED) is 0.662. The SMILES string of the molecule is Cc1cccc(O[C@H]2CCCC[C@@H]2O)c1[N+](=O)[O-]. The molecule has 1 aromatic rings. The van der Waals surface area contributed by atoms with E-state index in [0.717, 1.165) is 19.3 Å². The largest absolute Gasteiger partial charge is 0.481 e. The summed E-state index contributed by atoms with van der Waals surface area (Å²) in [5.41, 5.74) is 0.568. The second kappa shape index (κ2) is 5.35. The van der Waals surface area contributed by atoms with Crippen molar-refractivity contribution in [3.8, 4) is 5.75 Å². The summed E-state index contributed by atoms with van der Waals surface area (Å²) in [6.07, 6.45) is 2.55. The van der Waals surface area contributed by atoms with E-state index in [2.05, 4.69) is 0 Å². The Hall–Kier alpha value is -1.62. The molecule has 1 N–H and O–H groups in total. The molecule has 0 amide bonds. The number of hydrogen-bond acceptors (Lipinski definition) is 4. The molecule has 2 rings (SSSR count). The molecule has 98 valence electrons. The highest BCUT2D eigenvalue weighted by Crippen LogP contribution is 2.33. The van der Waals surface area contributed by atoms with Gasteiger partial charge in [0, 0.05) is 5.56 Å². The number of nitro benzene ring substituents is 1. The van der Waals surface area contributed by atoms with Gasteiger partial charge < -0.3 is 9.84 Å². The van der Waals surface area contributed by atoms with Crippen molar-refractivity contribution in [1.82, 2.24) is 0 Å². The minimum Gasteiger partial charge on any atom is -0.481 e. The zero-order valence-corrected chi connectivity index (χ0v) is 10.3. The Morgan fingerprint density at radius 1 is 1.39 bits per heavy atom. The van der Waals surface area contributed by atoms with Gasteiger partial charge in [0.15, 0.2) is 5.75 Å². The van der Waals surface area contributed by atoms with Crippen LogP contribution in [-0.2, 0) is 0 Å². The fourth-order valence-corrected chi connectivity index (χ4v) is 2.34. The van der Waals surface area contributed by atoms with Crippen LogP contribution < -0.4 is 4.74 Å². The third-order valence-electron chi connectivity index (χ3n) is 3.33. The van der Waals surface area contributed by atoms with E-state index < -0.39 is 11.0 Å². The summed E-state index contributed by atoms with van der Waals surface area (Å²) >= 11 is 0. The van der Waals surface area contributed by atoms with Gasteiger partial charge in [-0.05, 0) is 32.3 Å². The number of ether oxygens (including phenoxy) is 1. The molecule has 1 fully saturated rings. The molecule has 1 aliphatic carbocycles. The van der Waals surface area contributed by atoms with Gasteiger partial charge in [-0.15, -0.1) is 0 Å². The van der Waals surface area contributed by atoms with Crippen molar-refractivity contribution in [2.24, 2.45) is 0 Å². The van der Waals surface area contributed by atoms with Crippen LogP contribution in [0.3, 0.4) is 0 Å². The third-order valence-corrected chi connectivity index (χ3v) is 3.33. The Morgan fingerprint density at radius 3 is 2.78 bits per heavy atom.